The largest absolute Gasteiger partial charge is 0.486 e. The monoisotopic (exact) mass is 434 g/mol. The number of carbonyl (C=O) groups excluding carboxylic acids is 1. The molecule has 1 aliphatic rings. The summed E-state index contributed by atoms with van der Waals surface area (Å²) in [5, 5.41) is 1.53. The van der Waals surface area contributed by atoms with E-state index in [2.05, 4.69) is 4.99 Å². The van der Waals surface area contributed by atoms with Gasteiger partial charge in [-0.05, 0) is 54.9 Å². The van der Waals surface area contributed by atoms with Crippen molar-refractivity contribution in [2.75, 3.05) is 13.1 Å². The van der Waals surface area contributed by atoms with Crippen LogP contribution in [0.15, 0.2) is 52.4 Å². The lowest BCUT2D eigenvalue weighted by Gasteiger charge is -2.12. The molecule has 0 atom stereocenters. The van der Waals surface area contributed by atoms with E-state index in [-0.39, 0.29) is 5.91 Å². The number of likely N-dealkylation sites (N-methyl/N-ethyl adjacent to an activating group) is 1. The maximum absolute atomic E-state index is 12.6. The predicted molar refractivity (Wildman–Crippen MR) is 118 cm³/mol. The van der Waals surface area contributed by atoms with E-state index < -0.39 is 0 Å². The molecule has 1 aliphatic heterocycles. The van der Waals surface area contributed by atoms with Crippen molar-refractivity contribution in [1.82, 2.24) is 4.90 Å². The standard InChI is InChI=1S/C21H20Cl2N2O2S/c1-3-24-21-25(4-2)20(26)18(28-21)12-15-10-16(22)19(17(23)11-15)27-13-14-8-6-5-7-9-14/h5-12H,3-4,13H2,1-2H3/b18-12-,24-21?. The van der Waals surface area contributed by atoms with Crippen LogP contribution in [0.3, 0.4) is 0 Å². The lowest BCUT2D eigenvalue weighted by Crippen LogP contribution is -2.28. The molecule has 1 fully saturated rings. The van der Waals surface area contributed by atoms with Crippen molar-refractivity contribution in [3.63, 3.8) is 0 Å². The molecule has 0 unspecified atom stereocenters. The molecule has 7 heteroatoms. The quantitative estimate of drug-likeness (QED) is 0.532. The Labute approximate surface area is 179 Å². The summed E-state index contributed by atoms with van der Waals surface area (Å²) in [4.78, 5) is 19.2. The highest BCUT2D eigenvalue weighted by Gasteiger charge is 2.31. The van der Waals surface area contributed by atoms with E-state index in [1.54, 1.807) is 23.1 Å². The van der Waals surface area contributed by atoms with E-state index >= 15 is 0 Å². The van der Waals surface area contributed by atoms with Crippen LogP contribution in [0.5, 0.6) is 5.75 Å². The number of ether oxygens (including phenoxy) is 1. The Morgan fingerprint density at radius 1 is 1.14 bits per heavy atom. The van der Waals surface area contributed by atoms with Crippen molar-refractivity contribution in [3.05, 3.63) is 68.5 Å². The van der Waals surface area contributed by atoms with Crippen LogP contribution < -0.4 is 4.74 Å². The molecule has 0 saturated carbocycles. The molecule has 0 bridgehead atoms. The second kappa shape index (κ2) is 9.50. The summed E-state index contributed by atoms with van der Waals surface area (Å²) >= 11 is 14.1. The molecule has 3 rings (SSSR count). The van der Waals surface area contributed by atoms with Crippen LogP contribution in [-0.2, 0) is 11.4 Å². The first kappa shape index (κ1) is 20.8. The molecule has 146 valence electrons. The van der Waals surface area contributed by atoms with Crippen LogP contribution in [0.1, 0.15) is 25.0 Å². The van der Waals surface area contributed by atoms with Gasteiger partial charge in [0.15, 0.2) is 10.9 Å². The van der Waals surface area contributed by atoms with Crippen LogP contribution in [-0.4, -0.2) is 29.1 Å². The van der Waals surface area contributed by atoms with E-state index in [4.69, 9.17) is 27.9 Å². The van der Waals surface area contributed by atoms with Crippen LogP contribution >= 0.6 is 35.0 Å². The van der Waals surface area contributed by atoms with Gasteiger partial charge in [-0.3, -0.25) is 14.7 Å². The van der Waals surface area contributed by atoms with Crippen molar-refractivity contribution >= 4 is 52.1 Å². The number of aliphatic imine (C=N–C) groups is 1. The number of hydrogen-bond acceptors (Lipinski definition) is 4. The number of amides is 1. The molecule has 1 amide bonds. The third-order valence-corrected chi connectivity index (χ3v) is 5.65. The molecule has 1 heterocycles. The number of hydrogen-bond donors (Lipinski definition) is 0. The number of nitrogens with zero attached hydrogens (tertiary/aromatic N) is 2. The highest BCUT2D eigenvalue weighted by molar-refractivity contribution is 8.18. The Bertz CT molecular complexity index is 906. The molecule has 1 saturated heterocycles. The van der Waals surface area contributed by atoms with Crippen molar-refractivity contribution in [2.45, 2.75) is 20.5 Å². The van der Waals surface area contributed by atoms with Gasteiger partial charge < -0.3 is 4.74 Å². The SMILES string of the molecule is CCN=C1S/C(=C\c2cc(Cl)c(OCc3ccccc3)c(Cl)c2)C(=O)N1CC. The van der Waals surface area contributed by atoms with Crippen LogP contribution in [0, 0.1) is 0 Å². The Kier molecular flexibility index (Phi) is 7.05. The number of benzene rings is 2. The minimum atomic E-state index is -0.0589. The van der Waals surface area contributed by atoms with Crippen molar-refractivity contribution in [2.24, 2.45) is 4.99 Å². The summed E-state index contributed by atoms with van der Waals surface area (Å²) in [6.45, 7) is 5.46. The van der Waals surface area contributed by atoms with E-state index in [1.807, 2.05) is 44.2 Å². The zero-order valence-electron chi connectivity index (χ0n) is 15.6. The fraction of sp³-hybridized carbons (Fsp3) is 0.238. The fourth-order valence-electron chi connectivity index (χ4n) is 2.72. The maximum atomic E-state index is 12.6. The van der Waals surface area contributed by atoms with Gasteiger partial charge in [0.25, 0.3) is 5.91 Å². The normalized spacial score (nSPS) is 17.0. The summed E-state index contributed by atoms with van der Waals surface area (Å²) in [6.07, 6.45) is 1.78. The number of rotatable bonds is 6. The first-order valence-electron chi connectivity index (χ1n) is 8.95. The molecule has 0 spiro atoms. The van der Waals surface area contributed by atoms with Crippen LogP contribution in [0.25, 0.3) is 6.08 Å². The Morgan fingerprint density at radius 2 is 1.82 bits per heavy atom. The molecule has 28 heavy (non-hydrogen) atoms. The predicted octanol–water partition coefficient (Wildman–Crippen LogP) is 5.88. The minimum Gasteiger partial charge on any atom is -0.486 e. The van der Waals surface area contributed by atoms with Gasteiger partial charge >= 0.3 is 0 Å². The number of amidine groups is 1. The highest BCUT2D eigenvalue weighted by Crippen LogP contribution is 2.37. The maximum Gasteiger partial charge on any atom is 0.266 e. The van der Waals surface area contributed by atoms with E-state index in [0.717, 1.165) is 16.3 Å². The van der Waals surface area contributed by atoms with Gasteiger partial charge in [0.05, 0.1) is 15.0 Å². The summed E-state index contributed by atoms with van der Waals surface area (Å²) in [6, 6.07) is 13.3. The van der Waals surface area contributed by atoms with Gasteiger partial charge in [-0.25, -0.2) is 0 Å². The molecule has 2 aromatic rings. The lowest BCUT2D eigenvalue weighted by molar-refractivity contribution is -0.122. The zero-order chi connectivity index (χ0) is 20.1. The molecule has 0 aromatic heterocycles. The summed E-state index contributed by atoms with van der Waals surface area (Å²) < 4.78 is 5.80. The molecule has 2 aromatic carbocycles. The van der Waals surface area contributed by atoms with E-state index in [9.17, 15) is 4.79 Å². The summed E-state index contributed by atoms with van der Waals surface area (Å²) in [5.74, 6) is 0.375. The molecule has 0 N–H and O–H groups in total. The Hall–Kier alpha value is -1.95. The van der Waals surface area contributed by atoms with E-state index in [1.165, 1.54) is 11.8 Å². The number of carbonyl (C=O) groups is 1. The third-order valence-electron chi connectivity index (χ3n) is 4.04. The van der Waals surface area contributed by atoms with Crippen LogP contribution in [0.4, 0.5) is 0 Å². The molecular weight excluding hydrogens is 415 g/mol. The van der Waals surface area contributed by atoms with Gasteiger partial charge in [0, 0.05) is 13.1 Å². The smallest absolute Gasteiger partial charge is 0.266 e. The van der Waals surface area contributed by atoms with E-state index in [0.29, 0.717) is 40.4 Å². The van der Waals surface area contributed by atoms with Crippen LogP contribution in [0.2, 0.25) is 10.0 Å². The second-order valence-corrected chi connectivity index (χ2v) is 7.83. The average Bonchev–Trinajstić information content (AvgIpc) is 2.96. The number of halogens is 2. The minimum absolute atomic E-state index is 0.0589. The second-order valence-electron chi connectivity index (χ2n) is 6.00. The van der Waals surface area contributed by atoms with Crippen molar-refractivity contribution in [3.8, 4) is 5.75 Å². The zero-order valence-corrected chi connectivity index (χ0v) is 17.9. The first-order valence-corrected chi connectivity index (χ1v) is 10.5. The Balaban J connectivity index is 1.81. The first-order chi connectivity index (χ1) is 13.5. The third kappa shape index (κ3) is 4.72. The molecule has 0 aliphatic carbocycles. The molecule has 4 nitrogen and oxygen atoms in total. The topological polar surface area (TPSA) is 41.9 Å². The van der Waals surface area contributed by atoms with Gasteiger partial charge in [0.2, 0.25) is 0 Å². The van der Waals surface area contributed by atoms with Gasteiger partial charge in [0.1, 0.15) is 6.61 Å². The molecule has 0 radical (unpaired) electrons. The fourth-order valence-corrected chi connectivity index (χ4v) is 4.44. The van der Waals surface area contributed by atoms with Crippen molar-refractivity contribution < 1.29 is 9.53 Å². The molecular formula is C21H20Cl2N2O2S. The average molecular weight is 435 g/mol. The lowest BCUT2D eigenvalue weighted by atomic mass is 10.2. The van der Waals surface area contributed by atoms with Crippen molar-refractivity contribution in [1.29, 1.82) is 0 Å². The Morgan fingerprint density at radius 3 is 2.43 bits per heavy atom. The van der Waals surface area contributed by atoms with Gasteiger partial charge in [-0.2, -0.15) is 0 Å². The highest BCUT2D eigenvalue weighted by atomic mass is 35.5. The van der Waals surface area contributed by atoms with Gasteiger partial charge in [-0.15, -0.1) is 0 Å². The number of thioether (sulfide) groups is 1. The summed E-state index contributed by atoms with van der Waals surface area (Å²) in [7, 11) is 0. The summed E-state index contributed by atoms with van der Waals surface area (Å²) in [5.41, 5.74) is 1.77. The van der Waals surface area contributed by atoms with Gasteiger partial charge in [-0.1, -0.05) is 53.5 Å².